The molecule has 43 heavy (non-hydrogen) atoms. The summed E-state index contributed by atoms with van der Waals surface area (Å²) >= 11 is 0. The molecule has 0 radical (unpaired) electrons. The van der Waals surface area contributed by atoms with Gasteiger partial charge in [-0.1, -0.05) is 74.2 Å². The Morgan fingerprint density at radius 3 is 2.07 bits per heavy atom. The summed E-state index contributed by atoms with van der Waals surface area (Å²) in [4.78, 5) is 38.8. The van der Waals surface area contributed by atoms with Crippen LogP contribution in [0, 0.1) is 17.3 Å². The van der Waals surface area contributed by atoms with Crippen molar-refractivity contribution in [1.82, 2.24) is 4.90 Å². The number of anilines is 1. The molecule has 1 amide bonds. The molecular weight excluding hydrogens is 544 g/mol. The van der Waals surface area contributed by atoms with Gasteiger partial charge in [0.25, 0.3) is 5.91 Å². The van der Waals surface area contributed by atoms with Crippen molar-refractivity contribution in [3.8, 4) is 0 Å². The number of piperidine rings is 1. The van der Waals surface area contributed by atoms with Crippen LogP contribution in [0.15, 0.2) is 48.5 Å². The molecule has 1 spiro atoms. The highest BCUT2D eigenvalue weighted by Gasteiger charge is 2.52. The molecule has 2 heterocycles. The van der Waals surface area contributed by atoms with Crippen LogP contribution in [0.2, 0.25) is 0 Å². The number of nitrogens with one attached hydrogen (secondary N) is 1. The molecule has 4 aliphatic rings. The fraction of sp³-hybridized carbons (Fsp3) is 0.543. The molecule has 3 unspecified atom stereocenters. The Balaban J connectivity index is 1.29. The SMILES string of the molecule is O=C(O)C1CCN(C(=O)c2c3ccccc3c(NC3CCCC(C4OCCOO4)C34CCCCC4)c3ccccc23)CC1. The number of ether oxygens (including phenoxy) is 1. The fourth-order valence-corrected chi connectivity index (χ4v) is 8.63. The second-order valence-electron chi connectivity index (χ2n) is 12.9. The summed E-state index contributed by atoms with van der Waals surface area (Å²) in [6.45, 7) is 1.95. The van der Waals surface area contributed by atoms with Crippen molar-refractivity contribution in [3.05, 3.63) is 54.1 Å². The lowest BCUT2D eigenvalue weighted by Gasteiger charge is -2.54. The van der Waals surface area contributed by atoms with Crippen molar-refractivity contribution in [1.29, 1.82) is 0 Å². The normalized spacial score (nSPS) is 26.5. The summed E-state index contributed by atoms with van der Waals surface area (Å²) in [6.07, 6.45) is 9.81. The van der Waals surface area contributed by atoms with E-state index in [1.165, 1.54) is 19.3 Å². The van der Waals surface area contributed by atoms with Gasteiger partial charge >= 0.3 is 5.97 Å². The first-order chi connectivity index (χ1) is 21.1. The molecule has 2 saturated carbocycles. The molecule has 8 heteroatoms. The molecule has 2 aliphatic carbocycles. The number of carbonyl (C=O) groups is 2. The van der Waals surface area contributed by atoms with Gasteiger partial charge in [-0.15, -0.1) is 0 Å². The van der Waals surface area contributed by atoms with E-state index < -0.39 is 5.97 Å². The third-order valence-corrected chi connectivity index (χ3v) is 10.8. The van der Waals surface area contributed by atoms with Gasteiger partial charge in [0.2, 0.25) is 0 Å². The van der Waals surface area contributed by atoms with Gasteiger partial charge < -0.3 is 20.1 Å². The summed E-state index contributed by atoms with van der Waals surface area (Å²) < 4.78 is 6.15. The van der Waals surface area contributed by atoms with E-state index in [4.69, 9.17) is 14.5 Å². The zero-order valence-electron chi connectivity index (χ0n) is 24.8. The number of aliphatic carboxylic acids is 1. The Morgan fingerprint density at radius 1 is 0.814 bits per heavy atom. The Hall–Kier alpha value is -3.20. The molecule has 3 aromatic rings. The molecule has 3 aromatic carbocycles. The molecule has 2 N–H and O–H groups in total. The zero-order valence-corrected chi connectivity index (χ0v) is 24.8. The molecule has 2 saturated heterocycles. The molecule has 4 fully saturated rings. The average molecular weight is 587 g/mol. The summed E-state index contributed by atoms with van der Waals surface area (Å²) in [6, 6.07) is 16.7. The van der Waals surface area contributed by atoms with Crippen LogP contribution in [0.4, 0.5) is 5.69 Å². The number of likely N-dealkylation sites (tertiary alicyclic amines) is 1. The van der Waals surface area contributed by atoms with E-state index in [0.29, 0.717) is 44.7 Å². The highest BCUT2D eigenvalue weighted by Crippen LogP contribution is 2.55. The second kappa shape index (κ2) is 12.1. The zero-order chi connectivity index (χ0) is 29.4. The van der Waals surface area contributed by atoms with Gasteiger partial charge in [0.1, 0.15) is 6.61 Å². The lowest BCUT2D eigenvalue weighted by atomic mass is 9.56. The minimum atomic E-state index is -0.770. The average Bonchev–Trinajstić information content (AvgIpc) is 3.06. The number of amides is 1. The monoisotopic (exact) mass is 586 g/mol. The molecule has 8 nitrogen and oxygen atoms in total. The van der Waals surface area contributed by atoms with E-state index in [-0.39, 0.29) is 35.5 Å². The summed E-state index contributed by atoms with van der Waals surface area (Å²) in [5, 5.41) is 17.6. The Morgan fingerprint density at radius 2 is 1.47 bits per heavy atom. The predicted octanol–water partition coefficient (Wildman–Crippen LogP) is 6.77. The standard InChI is InChI=1S/C35H42N2O6/c38-32(37-19-15-23(16-20-37)33(39)40)30-24-9-2-4-11-26(24)31(27-12-5-3-10-25(27)30)36-29-14-8-13-28(34-41-21-22-42-43-34)35(29)17-6-1-7-18-35/h2-5,9-12,23,28-29,34,36H,1,6-8,13-22H2,(H,39,40). The quantitative estimate of drug-likeness (QED) is 0.252. The largest absolute Gasteiger partial charge is 0.481 e. The first kappa shape index (κ1) is 28.6. The van der Waals surface area contributed by atoms with E-state index in [0.717, 1.165) is 59.3 Å². The molecule has 3 atom stereocenters. The van der Waals surface area contributed by atoms with Gasteiger partial charge in [-0.2, -0.15) is 0 Å². The van der Waals surface area contributed by atoms with E-state index >= 15 is 0 Å². The lowest BCUT2D eigenvalue weighted by Crippen LogP contribution is -2.55. The van der Waals surface area contributed by atoms with Crippen molar-refractivity contribution in [2.45, 2.75) is 76.5 Å². The van der Waals surface area contributed by atoms with Crippen molar-refractivity contribution >= 4 is 39.1 Å². The summed E-state index contributed by atoms with van der Waals surface area (Å²) in [5.74, 6) is -0.915. The minimum absolute atomic E-state index is 0.0177. The summed E-state index contributed by atoms with van der Waals surface area (Å²) in [7, 11) is 0. The third-order valence-electron chi connectivity index (χ3n) is 10.8. The van der Waals surface area contributed by atoms with Crippen LogP contribution < -0.4 is 5.32 Å². The minimum Gasteiger partial charge on any atom is -0.481 e. The van der Waals surface area contributed by atoms with Gasteiger partial charge in [-0.05, 0) is 54.7 Å². The Kier molecular flexibility index (Phi) is 8.01. The molecule has 2 aliphatic heterocycles. The smallest absolute Gasteiger partial charge is 0.306 e. The number of carboxylic acid groups (broad SMARTS) is 1. The van der Waals surface area contributed by atoms with Crippen LogP contribution in [0.25, 0.3) is 21.5 Å². The van der Waals surface area contributed by atoms with Crippen molar-refractivity contribution < 1.29 is 29.2 Å². The fourth-order valence-electron chi connectivity index (χ4n) is 8.63. The number of nitrogens with zero attached hydrogens (tertiary/aromatic N) is 1. The number of hydrogen-bond acceptors (Lipinski definition) is 6. The van der Waals surface area contributed by atoms with Crippen molar-refractivity contribution in [3.63, 3.8) is 0 Å². The predicted molar refractivity (Wildman–Crippen MR) is 165 cm³/mol. The Labute approximate surface area is 252 Å². The molecular formula is C35H42N2O6. The van der Waals surface area contributed by atoms with Crippen LogP contribution in [0.1, 0.15) is 74.6 Å². The second-order valence-corrected chi connectivity index (χ2v) is 12.9. The van der Waals surface area contributed by atoms with Gasteiger partial charge in [0.05, 0.1) is 23.8 Å². The molecule has 228 valence electrons. The number of carbonyl (C=O) groups excluding carboxylic acids is 1. The lowest BCUT2D eigenvalue weighted by molar-refractivity contribution is -0.435. The van der Waals surface area contributed by atoms with Crippen LogP contribution in [-0.4, -0.2) is 60.5 Å². The first-order valence-corrected chi connectivity index (χ1v) is 16.2. The van der Waals surface area contributed by atoms with E-state index in [2.05, 4.69) is 41.7 Å². The molecule has 7 rings (SSSR count). The number of benzene rings is 3. The van der Waals surface area contributed by atoms with Crippen LogP contribution in [0.3, 0.4) is 0 Å². The summed E-state index contributed by atoms with van der Waals surface area (Å²) in [5.41, 5.74) is 1.83. The number of carboxylic acids is 1. The topological polar surface area (TPSA) is 97.3 Å². The van der Waals surface area contributed by atoms with Crippen LogP contribution in [-0.2, 0) is 19.3 Å². The Bertz CT molecular complexity index is 1430. The van der Waals surface area contributed by atoms with Crippen LogP contribution >= 0.6 is 0 Å². The van der Waals surface area contributed by atoms with Crippen LogP contribution in [0.5, 0.6) is 0 Å². The van der Waals surface area contributed by atoms with E-state index in [9.17, 15) is 14.7 Å². The highest BCUT2D eigenvalue weighted by molar-refractivity contribution is 6.23. The maximum Gasteiger partial charge on any atom is 0.306 e. The van der Waals surface area contributed by atoms with Gasteiger partial charge in [0, 0.05) is 35.8 Å². The maximum atomic E-state index is 14.2. The third kappa shape index (κ3) is 5.17. The number of hydrogen-bond donors (Lipinski definition) is 2. The van der Waals surface area contributed by atoms with Gasteiger partial charge in [-0.25, -0.2) is 9.78 Å². The van der Waals surface area contributed by atoms with Crippen molar-refractivity contribution in [2.75, 3.05) is 31.6 Å². The molecule has 0 bridgehead atoms. The van der Waals surface area contributed by atoms with Crippen molar-refractivity contribution in [2.24, 2.45) is 17.3 Å². The number of rotatable bonds is 5. The first-order valence-electron chi connectivity index (χ1n) is 16.2. The van der Waals surface area contributed by atoms with E-state index in [1.54, 1.807) is 0 Å². The highest BCUT2D eigenvalue weighted by atomic mass is 17.2. The molecule has 0 aromatic heterocycles. The maximum absolute atomic E-state index is 14.2. The van der Waals surface area contributed by atoms with E-state index in [1.807, 2.05) is 17.0 Å². The van der Waals surface area contributed by atoms with Gasteiger partial charge in [-0.3, -0.25) is 9.59 Å². The number of fused-ring (bicyclic) bond motifs is 2. The van der Waals surface area contributed by atoms with Gasteiger partial charge in [0.15, 0.2) is 6.29 Å².